The summed E-state index contributed by atoms with van der Waals surface area (Å²) in [6.07, 6.45) is 4.11. The van der Waals surface area contributed by atoms with E-state index in [1.165, 1.54) is 4.90 Å². The molecule has 0 radical (unpaired) electrons. The SMILES string of the molecule is CCCOc1cccc(/C(O)=C2\C(=O)C(=O)N(Cc3cc(C)ccc3C)C2c2cccnc2)c1. The molecule has 1 fully saturated rings. The number of aliphatic hydroxyl groups excluding tert-OH is 1. The summed E-state index contributed by atoms with van der Waals surface area (Å²) in [5, 5.41) is 11.3. The first-order chi connectivity index (χ1) is 16.4. The first-order valence-corrected chi connectivity index (χ1v) is 11.4. The highest BCUT2D eigenvalue weighted by Gasteiger charge is 2.46. The highest BCUT2D eigenvalue weighted by Crippen LogP contribution is 2.40. The summed E-state index contributed by atoms with van der Waals surface area (Å²) in [5.74, 6) is -0.989. The molecule has 1 unspecified atom stereocenters. The third-order valence-corrected chi connectivity index (χ3v) is 5.97. The number of Topliss-reactive ketones (excluding diaryl/α,β-unsaturated/α-hetero) is 1. The van der Waals surface area contributed by atoms with Gasteiger partial charge in [0.25, 0.3) is 11.7 Å². The van der Waals surface area contributed by atoms with E-state index in [0.29, 0.717) is 23.5 Å². The third kappa shape index (κ3) is 4.57. The van der Waals surface area contributed by atoms with Crippen LogP contribution in [0.1, 0.15) is 47.2 Å². The lowest BCUT2D eigenvalue weighted by Crippen LogP contribution is -2.29. The van der Waals surface area contributed by atoms with Crippen LogP contribution in [-0.2, 0) is 16.1 Å². The minimum absolute atomic E-state index is 0.0518. The molecule has 34 heavy (non-hydrogen) atoms. The standard InChI is InChI=1S/C28H28N2O4/c1-4-13-34-23-9-5-7-20(15-23)26(31)24-25(21-8-6-12-29-16-21)30(28(33)27(24)32)17-22-14-18(2)10-11-19(22)3/h5-12,14-16,25,31H,4,13,17H2,1-3H3/b26-24+. The summed E-state index contributed by atoms with van der Waals surface area (Å²) in [5.41, 5.74) is 4.18. The van der Waals surface area contributed by atoms with Gasteiger partial charge in [-0.15, -0.1) is 0 Å². The van der Waals surface area contributed by atoms with Gasteiger partial charge in [-0.05, 0) is 55.2 Å². The number of ether oxygens (including phenoxy) is 1. The number of ketones is 1. The van der Waals surface area contributed by atoms with Gasteiger partial charge in [0.05, 0.1) is 18.2 Å². The van der Waals surface area contributed by atoms with Crippen molar-refractivity contribution in [2.45, 2.75) is 39.8 Å². The van der Waals surface area contributed by atoms with Crippen LogP contribution < -0.4 is 4.74 Å². The number of aryl methyl sites for hydroxylation is 2. The van der Waals surface area contributed by atoms with Crippen molar-refractivity contribution in [1.82, 2.24) is 9.88 Å². The zero-order valence-electron chi connectivity index (χ0n) is 19.6. The number of carbonyl (C=O) groups is 2. The second-order valence-electron chi connectivity index (χ2n) is 8.52. The quantitative estimate of drug-likeness (QED) is 0.304. The van der Waals surface area contributed by atoms with E-state index < -0.39 is 17.7 Å². The molecular weight excluding hydrogens is 428 g/mol. The maximum Gasteiger partial charge on any atom is 0.295 e. The number of likely N-dealkylation sites (tertiary alicyclic amines) is 1. The van der Waals surface area contributed by atoms with Gasteiger partial charge >= 0.3 is 0 Å². The maximum atomic E-state index is 13.3. The number of benzene rings is 2. The lowest BCUT2D eigenvalue weighted by Gasteiger charge is -2.26. The Labute approximate surface area is 199 Å². The average Bonchev–Trinajstić information content (AvgIpc) is 3.10. The number of rotatable bonds is 7. The molecule has 1 atom stereocenters. The minimum atomic E-state index is -0.756. The Balaban J connectivity index is 1.82. The summed E-state index contributed by atoms with van der Waals surface area (Å²) in [4.78, 5) is 32.2. The predicted octanol–water partition coefficient (Wildman–Crippen LogP) is 5.11. The Morgan fingerprint density at radius 3 is 2.65 bits per heavy atom. The zero-order chi connectivity index (χ0) is 24.2. The van der Waals surface area contributed by atoms with Crippen molar-refractivity contribution in [1.29, 1.82) is 0 Å². The maximum absolute atomic E-state index is 13.3. The Morgan fingerprint density at radius 2 is 1.91 bits per heavy atom. The first-order valence-electron chi connectivity index (χ1n) is 11.4. The lowest BCUT2D eigenvalue weighted by atomic mass is 9.96. The molecule has 2 aromatic carbocycles. The van der Waals surface area contributed by atoms with E-state index in [1.54, 1.807) is 42.7 Å². The molecule has 174 valence electrons. The summed E-state index contributed by atoms with van der Waals surface area (Å²) in [7, 11) is 0. The molecule has 0 aliphatic carbocycles. The largest absolute Gasteiger partial charge is 0.507 e. The molecule has 0 bridgehead atoms. The Morgan fingerprint density at radius 1 is 1.09 bits per heavy atom. The van der Waals surface area contributed by atoms with Crippen molar-refractivity contribution in [3.63, 3.8) is 0 Å². The topological polar surface area (TPSA) is 79.7 Å². The van der Waals surface area contributed by atoms with Crippen molar-refractivity contribution in [2.75, 3.05) is 6.61 Å². The normalized spacial score (nSPS) is 17.3. The number of nitrogens with zero attached hydrogens (tertiary/aromatic N) is 2. The minimum Gasteiger partial charge on any atom is -0.507 e. The van der Waals surface area contributed by atoms with Gasteiger partial charge < -0.3 is 14.7 Å². The first kappa shape index (κ1) is 23.2. The fourth-order valence-electron chi connectivity index (χ4n) is 4.19. The van der Waals surface area contributed by atoms with Crippen molar-refractivity contribution in [3.05, 3.63) is 100 Å². The van der Waals surface area contributed by atoms with Gasteiger partial charge in [-0.3, -0.25) is 14.6 Å². The van der Waals surface area contributed by atoms with E-state index in [0.717, 1.165) is 23.1 Å². The van der Waals surface area contributed by atoms with Gasteiger partial charge in [0.1, 0.15) is 11.5 Å². The van der Waals surface area contributed by atoms with Crippen LogP contribution in [0.2, 0.25) is 0 Å². The smallest absolute Gasteiger partial charge is 0.295 e. The molecular formula is C28H28N2O4. The van der Waals surface area contributed by atoms with Crippen LogP contribution in [0.4, 0.5) is 0 Å². The van der Waals surface area contributed by atoms with E-state index in [4.69, 9.17) is 4.74 Å². The summed E-state index contributed by atoms with van der Waals surface area (Å²) in [6.45, 7) is 6.76. The van der Waals surface area contributed by atoms with E-state index >= 15 is 0 Å². The van der Waals surface area contributed by atoms with Gasteiger partial charge in [-0.2, -0.15) is 0 Å². The molecule has 6 heteroatoms. The summed E-state index contributed by atoms with van der Waals surface area (Å²) < 4.78 is 5.69. The zero-order valence-corrected chi connectivity index (χ0v) is 19.6. The van der Waals surface area contributed by atoms with Crippen LogP contribution in [0.5, 0.6) is 5.75 Å². The molecule has 1 aromatic heterocycles. The third-order valence-electron chi connectivity index (χ3n) is 5.97. The summed E-state index contributed by atoms with van der Waals surface area (Å²) in [6, 6.07) is 15.8. The number of aliphatic hydroxyl groups is 1. The van der Waals surface area contributed by atoms with Gasteiger partial charge in [0.15, 0.2) is 0 Å². The molecule has 1 aliphatic rings. The molecule has 2 heterocycles. The lowest BCUT2D eigenvalue weighted by molar-refractivity contribution is -0.140. The van der Waals surface area contributed by atoms with Crippen molar-refractivity contribution < 1.29 is 19.4 Å². The van der Waals surface area contributed by atoms with Crippen LogP contribution >= 0.6 is 0 Å². The Kier molecular flexibility index (Phi) is 6.77. The fraction of sp³-hybridized carbons (Fsp3) is 0.250. The van der Waals surface area contributed by atoms with E-state index in [9.17, 15) is 14.7 Å². The molecule has 3 aromatic rings. The molecule has 1 amide bonds. The van der Waals surface area contributed by atoms with Crippen molar-refractivity contribution in [2.24, 2.45) is 0 Å². The van der Waals surface area contributed by atoms with Gasteiger partial charge in [0.2, 0.25) is 0 Å². The predicted molar refractivity (Wildman–Crippen MR) is 130 cm³/mol. The van der Waals surface area contributed by atoms with E-state index in [1.807, 2.05) is 45.0 Å². The number of carbonyl (C=O) groups excluding carboxylic acids is 2. The molecule has 6 nitrogen and oxygen atoms in total. The summed E-state index contributed by atoms with van der Waals surface area (Å²) >= 11 is 0. The average molecular weight is 457 g/mol. The van der Waals surface area contributed by atoms with Crippen molar-refractivity contribution in [3.8, 4) is 5.75 Å². The highest BCUT2D eigenvalue weighted by molar-refractivity contribution is 6.46. The number of hydrogen-bond acceptors (Lipinski definition) is 5. The van der Waals surface area contributed by atoms with Crippen LogP contribution in [0.15, 0.2) is 72.6 Å². The number of hydrogen-bond donors (Lipinski definition) is 1. The second-order valence-corrected chi connectivity index (χ2v) is 8.52. The molecule has 1 aliphatic heterocycles. The van der Waals surface area contributed by atoms with Gasteiger partial charge in [-0.1, -0.05) is 48.9 Å². The Hall–Kier alpha value is -3.93. The fourth-order valence-corrected chi connectivity index (χ4v) is 4.19. The van der Waals surface area contributed by atoms with Crippen molar-refractivity contribution >= 4 is 17.4 Å². The van der Waals surface area contributed by atoms with E-state index in [2.05, 4.69) is 4.98 Å². The molecule has 4 rings (SSSR count). The van der Waals surface area contributed by atoms with Crippen LogP contribution in [0, 0.1) is 13.8 Å². The van der Waals surface area contributed by atoms with Gasteiger partial charge in [0, 0.05) is 24.5 Å². The van der Waals surface area contributed by atoms with Crippen LogP contribution in [0.3, 0.4) is 0 Å². The van der Waals surface area contributed by atoms with Crippen LogP contribution in [0.25, 0.3) is 5.76 Å². The monoisotopic (exact) mass is 456 g/mol. The number of amides is 1. The van der Waals surface area contributed by atoms with E-state index in [-0.39, 0.29) is 17.9 Å². The highest BCUT2D eigenvalue weighted by atomic mass is 16.5. The number of pyridine rings is 1. The Bertz CT molecular complexity index is 1250. The molecule has 0 spiro atoms. The van der Waals surface area contributed by atoms with Crippen LogP contribution in [-0.4, -0.2) is 33.3 Å². The molecule has 0 saturated carbocycles. The number of aromatic nitrogens is 1. The second kappa shape index (κ2) is 9.91. The molecule has 1 N–H and O–H groups in total. The molecule has 1 saturated heterocycles. The van der Waals surface area contributed by atoms with Gasteiger partial charge in [-0.25, -0.2) is 0 Å².